The average Bonchev–Trinajstić information content (AvgIpc) is 3.15. The molecule has 120 valence electrons. The summed E-state index contributed by atoms with van der Waals surface area (Å²) in [5.41, 5.74) is 3.06. The van der Waals surface area contributed by atoms with Gasteiger partial charge < -0.3 is 9.64 Å². The van der Waals surface area contributed by atoms with Crippen LogP contribution in [-0.4, -0.2) is 40.7 Å². The van der Waals surface area contributed by atoms with Crippen LogP contribution in [0.5, 0.6) is 5.75 Å². The highest BCUT2D eigenvalue weighted by Gasteiger charge is 2.26. The van der Waals surface area contributed by atoms with Crippen molar-refractivity contribution >= 4 is 5.91 Å². The monoisotopic (exact) mass is 311 g/mol. The Morgan fingerprint density at radius 2 is 2.26 bits per heavy atom. The van der Waals surface area contributed by atoms with Gasteiger partial charge >= 0.3 is 0 Å². The fraction of sp³-hybridized carbons (Fsp3) is 0.444. The fourth-order valence-corrected chi connectivity index (χ4v) is 3.59. The number of nitrogens with one attached hydrogen (secondary N) is 1. The van der Waals surface area contributed by atoms with Crippen LogP contribution in [0.4, 0.5) is 0 Å². The molecule has 1 aromatic heterocycles. The molecular formula is C18H21N3O2. The molecule has 1 fully saturated rings. The predicted octanol–water partition coefficient (Wildman–Crippen LogP) is 2.75. The molecule has 0 saturated carbocycles. The highest BCUT2D eigenvalue weighted by molar-refractivity contribution is 5.94. The molecule has 1 atom stereocenters. The van der Waals surface area contributed by atoms with Crippen LogP contribution in [0, 0.1) is 0 Å². The predicted molar refractivity (Wildman–Crippen MR) is 86.7 cm³/mol. The van der Waals surface area contributed by atoms with E-state index in [0.717, 1.165) is 68.0 Å². The highest BCUT2D eigenvalue weighted by atomic mass is 16.5. The van der Waals surface area contributed by atoms with Crippen molar-refractivity contribution < 1.29 is 9.53 Å². The Kier molecular flexibility index (Phi) is 3.77. The third kappa shape index (κ3) is 2.83. The van der Waals surface area contributed by atoms with E-state index in [9.17, 15) is 4.79 Å². The second kappa shape index (κ2) is 6.07. The summed E-state index contributed by atoms with van der Waals surface area (Å²) in [6.45, 7) is 2.37. The summed E-state index contributed by atoms with van der Waals surface area (Å²) in [6.07, 6.45) is 5.93. The standard InChI is InChI=1S/C18H21N3O2/c22-18(14-5-6-17-13(11-14)4-2-10-23-17)21-9-1-3-15(12-21)16-7-8-19-20-16/h5-8,11,15H,1-4,9-10,12H2,(H,19,20)/t15-/m0/s1. The van der Waals surface area contributed by atoms with Gasteiger partial charge in [0.15, 0.2) is 0 Å². The smallest absolute Gasteiger partial charge is 0.253 e. The number of carbonyl (C=O) groups is 1. The normalized spacial score (nSPS) is 20.7. The van der Waals surface area contributed by atoms with Gasteiger partial charge in [-0.25, -0.2) is 0 Å². The average molecular weight is 311 g/mol. The third-order valence-corrected chi connectivity index (χ3v) is 4.83. The molecule has 4 rings (SSSR count). The molecule has 5 nitrogen and oxygen atoms in total. The topological polar surface area (TPSA) is 58.2 Å². The number of ether oxygens (including phenoxy) is 1. The number of hydrogen-bond acceptors (Lipinski definition) is 3. The van der Waals surface area contributed by atoms with Crippen LogP contribution in [-0.2, 0) is 6.42 Å². The van der Waals surface area contributed by atoms with Gasteiger partial charge in [-0.05, 0) is 55.5 Å². The van der Waals surface area contributed by atoms with Crippen LogP contribution in [0.1, 0.15) is 46.8 Å². The van der Waals surface area contributed by atoms with Gasteiger partial charge in [0.2, 0.25) is 0 Å². The molecule has 1 N–H and O–H groups in total. The van der Waals surface area contributed by atoms with Crippen molar-refractivity contribution in [2.45, 2.75) is 31.6 Å². The van der Waals surface area contributed by atoms with Crippen molar-refractivity contribution in [3.8, 4) is 5.75 Å². The number of fused-ring (bicyclic) bond motifs is 1. The molecule has 1 aromatic carbocycles. The number of hydrogen-bond donors (Lipinski definition) is 1. The molecule has 0 radical (unpaired) electrons. The van der Waals surface area contributed by atoms with Crippen LogP contribution in [0.25, 0.3) is 0 Å². The highest BCUT2D eigenvalue weighted by Crippen LogP contribution is 2.29. The zero-order chi connectivity index (χ0) is 15.6. The number of rotatable bonds is 2. The summed E-state index contributed by atoms with van der Waals surface area (Å²) in [7, 11) is 0. The Morgan fingerprint density at radius 3 is 3.13 bits per heavy atom. The van der Waals surface area contributed by atoms with Crippen LogP contribution >= 0.6 is 0 Å². The second-order valence-corrected chi connectivity index (χ2v) is 6.38. The fourth-order valence-electron chi connectivity index (χ4n) is 3.59. The van der Waals surface area contributed by atoms with E-state index in [1.807, 2.05) is 29.2 Å². The van der Waals surface area contributed by atoms with E-state index < -0.39 is 0 Å². The SMILES string of the molecule is O=C(c1ccc2c(c1)CCCO2)N1CCC[C@H](c2ccn[nH]2)C1. The van der Waals surface area contributed by atoms with E-state index in [-0.39, 0.29) is 5.91 Å². The number of likely N-dealkylation sites (tertiary alicyclic amines) is 1. The molecule has 1 saturated heterocycles. The number of amides is 1. The third-order valence-electron chi connectivity index (χ3n) is 4.83. The molecule has 0 bridgehead atoms. The molecular weight excluding hydrogens is 290 g/mol. The van der Waals surface area contributed by atoms with Crippen LogP contribution in [0.2, 0.25) is 0 Å². The minimum Gasteiger partial charge on any atom is -0.493 e. The lowest BCUT2D eigenvalue weighted by molar-refractivity contribution is 0.0705. The quantitative estimate of drug-likeness (QED) is 0.928. The van der Waals surface area contributed by atoms with E-state index in [1.165, 1.54) is 0 Å². The minimum atomic E-state index is 0.127. The Bertz CT molecular complexity index is 696. The number of aryl methyl sites for hydroxylation is 1. The number of nitrogens with zero attached hydrogens (tertiary/aromatic N) is 2. The maximum Gasteiger partial charge on any atom is 0.253 e. The summed E-state index contributed by atoms with van der Waals surface area (Å²) in [5.74, 6) is 1.42. The van der Waals surface area contributed by atoms with Gasteiger partial charge in [0.1, 0.15) is 5.75 Å². The summed E-state index contributed by atoms with van der Waals surface area (Å²) in [4.78, 5) is 14.8. The lowest BCUT2D eigenvalue weighted by Gasteiger charge is -2.32. The molecule has 23 heavy (non-hydrogen) atoms. The first-order valence-electron chi connectivity index (χ1n) is 8.35. The molecule has 0 unspecified atom stereocenters. The Hall–Kier alpha value is -2.30. The first-order valence-corrected chi connectivity index (χ1v) is 8.35. The molecule has 2 aliphatic rings. The van der Waals surface area contributed by atoms with Gasteiger partial charge in [-0.1, -0.05) is 0 Å². The van der Waals surface area contributed by atoms with E-state index >= 15 is 0 Å². The van der Waals surface area contributed by atoms with E-state index in [1.54, 1.807) is 6.20 Å². The van der Waals surface area contributed by atoms with Gasteiger partial charge in [-0.2, -0.15) is 5.10 Å². The summed E-state index contributed by atoms with van der Waals surface area (Å²) < 4.78 is 5.63. The number of H-pyrrole nitrogens is 1. The van der Waals surface area contributed by atoms with Gasteiger partial charge in [0.25, 0.3) is 5.91 Å². The van der Waals surface area contributed by atoms with Crippen LogP contribution in [0.3, 0.4) is 0 Å². The largest absolute Gasteiger partial charge is 0.493 e. The van der Waals surface area contributed by atoms with Crippen molar-refractivity contribution in [3.63, 3.8) is 0 Å². The van der Waals surface area contributed by atoms with E-state index in [2.05, 4.69) is 10.2 Å². The van der Waals surface area contributed by atoms with Crippen molar-refractivity contribution in [3.05, 3.63) is 47.3 Å². The zero-order valence-corrected chi connectivity index (χ0v) is 13.1. The number of piperidine rings is 1. The minimum absolute atomic E-state index is 0.127. The lowest BCUT2D eigenvalue weighted by Crippen LogP contribution is -2.39. The molecule has 0 aliphatic carbocycles. The van der Waals surface area contributed by atoms with Gasteiger partial charge in [0, 0.05) is 36.5 Å². The number of benzene rings is 1. The van der Waals surface area contributed by atoms with E-state index in [4.69, 9.17) is 4.74 Å². The molecule has 2 aromatic rings. The summed E-state index contributed by atoms with van der Waals surface area (Å²) in [5, 5.41) is 7.07. The number of carbonyl (C=O) groups excluding carboxylic acids is 1. The van der Waals surface area contributed by atoms with Crippen molar-refractivity contribution in [2.24, 2.45) is 0 Å². The zero-order valence-electron chi connectivity index (χ0n) is 13.1. The molecule has 5 heteroatoms. The lowest BCUT2D eigenvalue weighted by atomic mass is 9.94. The Labute approximate surface area is 135 Å². The number of aromatic amines is 1. The molecule has 0 spiro atoms. The first-order chi connectivity index (χ1) is 11.3. The van der Waals surface area contributed by atoms with Crippen LogP contribution in [0.15, 0.2) is 30.5 Å². The maximum absolute atomic E-state index is 12.9. The maximum atomic E-state index is 12.9. The van der Waals surface area contributed by atoms with Crippen molar-refractivity contribution in [1.29, 1.82) is 0 Å². The van der Waals surface area contributed by atoms with Crippen molar-refractivity contribution in [2.75, 3.05) is 19.7 Å². The molecule has 1 amide bonds. The first kappa shape index (κ1) is 14.3. The Morgan fingerprint density at radius 1 is 1.30 bits per heavy atom. The van der Waals surface area contributed by atoms with Crippen LogP contribution < -0.4 is 4.74 Å². The van der Waals surface area contributed by atoms with Gasteiger partial charge in [-0.3, -0.25) is 9.89 Å². The Balaban J connectivity index is 1.52. The van der Waals surface area contributed by atoms with Crippen molar-refractivity contribution in [1.82, 2.24) is 15.1 Å². The van der Waals surface area contributed by atoms with Gasteiger partial charge in [-0.15, -0.1) is 0 Å². The molecule has 2 aliphatic heterocycles. The molecule has 3 heterocycles. The van der Waals surface area contributed by atoms with E-state index in [0.29, 0.717) is 5.92 Å². The second-order valence-electron chi connectivity index (χ2n) is 6.38. The number of aromatic nitrogens is 2. The van der Waals surface area contributed by atoms with Gasteiger partial charge in [0.05, 0.1) is 6.61 Å². The summed E-state index contributed by atoms with van der Waals surface area (Å²) in [6, 6.07) is 7.86. The summed E-state index contributed by atoms with van der Waals surface area (Å²) >= 11 is 0.